The Labute approximate surface area is 280 Å². The van der Waals surface area contributed by atoms with Crippen molar-refractivity contribution in [1.82, 2.24) is 0 Å². The maximum Gasteiger partial charge on any atom is 0.136 e. The second kappa shape index (κ2) is 9.97. The Balaban J connectivity index is 1.05. The minimum absolute atomic E-state index is 0.408. The first kappa shape index (κ1) is 26.9. The summed E-state index contributed by atoms with van der Waals surface area (Å²) in [5.74, 6) is 2.84. The van der Waals surface area contributed by atoms with Crippen LogP contribution in [0.3, 0.4) is 0 Å². The lowest BCUT2D eigenvalue weighted by atomic mass is 9.48. The first-order chi connectivity index (χ1) is 23.6. The van der Waals surface area contributed by atoms with Crippen LogP contribution < -0.4 is 0 Å². The van der Waals surface area contributed by atoms with Gasteiger partial charge in [-0.1, -0.05) is 72.8 Å². The molecule has 4 bridgehead atoms. The third-order valence-electron chi connectivity index (χ3n) is 12.2. The average molecular weight is 621 g/mol. The van der Waals surface area contributed by atoms with Gasteiger partial charge in [0.2, 0.25) is 0 Å². The molecule has 0 spiro atoms. The molecule has 0 atom stereocenters. The number of hydrogen-bond donors (Lipinski definition) is 0. The lowest BCUT2D eigenvalue weighted by molar-refractivity contribution is -0.00518. The second-order valence-electron chi connectivity index (χ2n) is 15.2. The SMILES string of the molecule is c1ccc2c(c1)oc1cc(-c3cc(-c4ccc(C56CC7CC(CC(C7)C5)C6)cc4)cc(-c4ccc5oc6ccccc6c5c4)c3)ccc12. The maximum atomic E-state index is 6.33. The molecule has 4 fully saturated rings. The van der Waals surface area contributed by atoms with Crippen molar-refractivity contribution in [1.29, 1.82) is 0 Å². The molecule has 2 nitrogen and oxygen atoms in total. The first-order valence-electron chi connectivity index (χ1n) is 17.7. The zero-order valence-corrected chi connectivity index (χ0v) is 26.9. The van der Waals surface area contributed by atoms with Gasteiger partial charge in [0, 0.05) is 21.5 Å². The van der Waals surface area contributed by atoms with Crippen LogP contribution in [0.2, 0.25) is 0 Å². The summed E-state index contributed by atoms with van der Waals surface area (Å²) in [6, 6.07) is 46.7. The Kier molecular flexibility index (Phi) is 5.59. The van der Waals surface area contributed by atoms with E-state index in [-0.39, 0.29) is 0 Å². The molecule has 2 heteroatoms. The highest BCUT2D eigenvalue weighted by Crippen LogP contribution is 2.60. The third kappa shape index (κ3) is 4.11. The first-order valence-corrected chi connectivity index (χ1v) is 17.7. The number of rotatable bonds is 4. The van der Waals surface area contributed by atoms with Crippen molar-refractivity contribution in [2.75, 3.05) is 0 Å². The molecule has 2 aromatic heterocycles. The summed E-state index contributed by atoms with van der Waals surface area (Å²) < 4.78 is 12.5. The molecule has 12 rings (SSSR count). The highest BCUT2D eigenvalue weighted by atomic mass is 16.3. The Hall–Kier alpha value is -5.08. The van der Waals surface area contributed by atoms with Gasteiger partial charge >= 0.3 is 0 Å². The molecule has 0 radical (unpaired) electrons. The molecule has 0 aliphatic heterocycles. The summed E-state index contributed by atoms with van der Waals surface area (Å²) in [6.45, 7) is 0. The highest BCUT2D eigenvalue weighted by Gasteiger charge is 2.51. The smallest absolute Gasteiger partial charge is 0.136 e. The number of benzene rings is 6. The number of para-hydroxylation sites is 2. The van der Waals surface area contributed by atoms with Crippen LogP contribution in [0.15, 0.2) is 136 Å². The van der Waals surface area contributed by atoms with Crippen molar-refractivity contribution in [3.8, 4) is 33.4 Å². The number of fused-ring (bicyclic) bond motifs is 6. The quantitative estimate of drug-likeness (QED) is 0.196. The van der Waals surface area contributed by atoms with E-state index in [0.717, 1.165) is 67.2 Å². The summed E-state index contributed by atoms with van der Waals surface area (Å²) in [7, 11) is 0. The van der Waals surface area contributed by atoms with E-state index in [0.29, 0.717) is 5.41 Å². The van der Waals surface area contributed by atoms with E-state index < -0.39 is 0 Å². The summed E-state index contributed by atoms with van der Waals surface area (Å²) in [5.41, 5.74) is 12.9. The molecule has 4 aliphatic carbocycles. The zero-order chi connectivity index (χ0) is 31.4. The van der Waals surface area contributed by atoms with Crippen LogP contribution in [0.1, 0.15) is 44.1 Å². The van der Waals surface area contributed by atoms with Crippen molar-refractivity contribution >= 4 is 43.9 Å². The molecule has 8 aromatic rings. The summed E-state index contributed by atoms with van der Waals surface area (Å²) in [6.07, 6.45) is 8.63. The Morgan fingerprint density at radius 1 is 0.375 bits per heavy atom. The molecular weight excluding hydrogens is 585 g/mol. The maximum absolute atomic E-state index is 6.33. The van der Waals surface area contributed by atoms with Crippen LogP contribution in [0, 0.1) is 17.8 Å². The lowest BCUT2D eigenvalue weighted by Crippen LogP contribution is -2.48. The molecule has 0 N–H and O–H groups in total. The van der Waals surface area contributed by atoms with Gasteiger partial charge in [0.1, 0.15) is 22.3 Å². The van der Waals surface area contributed by atoms with E-state index in [1.54, 1.807) is 5.56 Å². The van der Waals surface area contributed by atoms with Gasteiger partial charge in [-0.25, -0.2) is 0 Å². The minimum atomic E-state index is 0.408. The molecule has 4 aliphatic rings. The zero-order valence-electron chi connectivity index (χ0n) is 26.9. The van der Waals surface area contributed by atoms with E-state index in [9.17, 15) is 0 Å². The Bertz CT molecular complexity index is 2510. The fraction of sp³-hybridized carbons (Fsp3) is 0.217. The minimum Gasteiger partial charge on any atom is -0.456 e. The van der Waals surface area contributed by atoms with E-state index >= 15 is 0 Å². The predicted molar refractivity (Wildman–Crippen MR) is 197 cm³/mol. The largest absolute Gasteiger partial charge is 0.456 e. The van der Waals surface area contributed by atoms with Crippen molar-refractivity contribution < 1.29 is 8.83 Å². The van der Waals surface area contributed by atoms with E-state index in [2.05, 4.69) is 115 Å². The van der Waals surface area contributed by atoms with Crippen LogP contribution in [0.25, 0.3) is 77.3 Å². The summed E-state index contributed by atoms with van der Waals surface area (Å²) >= 11 is 0. The van der Waals surface area contributed by atoms with Crippen LogP contribution in [-0.4, -0.2) is 0 Å². The monoisotopic (exact) mass is 620 g/mol. The Morgan fingerprint density at radius 3 is 1.52 bits per heavy atom. The Morgan fingerprint density at radius 2 is 0.854 bits per heavy atom. The fourth-order valence-electron chi connectivity index (χ4n) is 10.4. The summed E-state index contributed by atoms with van der Waals surface area (Å²) in [5, 5.41) is 4.62. The van der Waals surface area contributed by atoms with Crippen molar-refractivity contribution in [3.05, 3.63) is 133 Å². The van der Waals surface area contributed by atoms with E-state index in [4.69, 9.17) is 8.83 Å². The molecule has 2 heterocycles. The normalized spacial score (nSPS) is 23.2. The van der Waals surface area contributed by atoms with Gasteiger partial charge in [0.15, 0.2) is 0 Å². The molecular formula is C46H36O2. The number of hydrogen-bond acceptors (Lipinski definition) is 2. The van der Waals surface area contributed by atoms with Gasteiger partial charge in [0.25, 0.3) is 0 Å². The fourth-order valence-corrected chi connectivity index (χ4v) is 10.4. The molecule has 48 heavy (non-hydrogen) atoms. The molecule has 0 unspecified atom stereocenters. The molecule has 0 amide bonds. The highest BCUT2D eigenvalue weighted by molar-refractivity contribution is 6.07. The van der Waals surface area contributed by atoms with Gasteiger partial charge < -0.3 is 8.83 Å². The molecule has 6 aromatic carbocycles. The molecule has 0 saturated heterocycles. The van der Waals surface area contributed by atoms with Crippen LogP contribution in [0.5, 0.6) is 0 Å². The van der Waals surface area contributed by atoms with Gasteiger partial charge in [0.05, 0.1) is 0 Å². The van der Waals surface area contributed by atoms with Gasteiger partial charge in [-0.2, -0.15) is 0 Å². The van der Waals surface area contributed by atoms with E-state index in [1.807, 2.05) is 12.1 Å². The second-order valence-corrected chi connectivity index (χ2v) is 15.2. The number of furan rings is 2. The third-order valence-corrected chi connectivity index (χ3v) is 12.2. The molecule has 232 valence electrons. The molecule has 4 saturated carbocycles. The lowest BCUT2D eigenvalue weighted by Gasteiger charge is -2.57. The van der Waals surface area contributed by atoms with Gasteiger partial charge in [-0.15, -0.1) is 0 Å². The van der Waals surface area contributed by atoms with Crippen LogP contribution in [-0.2, 0) is 5.41 Å². The van der Waals surface area contributed by atoms with Crippen LogP contribution >= 0.6 is 0 Å². The van der Waals surface area contributed by atoms with Gasteiger partial charge in [-0.3, -0.25) is 0 Å². The van der Waals surface area contributed by atoms with Crippen molar-refractivity contribution in [3.63, 3.8) is 0 Å². The summed E-state index contributed by atoms with van der Waals surface area (Å²) in [4.78, 5) is 0. The standard InChI is InChI=1S/C46H36O2/c1-3-7-42-38(5-1)40-15-11-33(24-45(40)48-42)36-21-34(20-35(22-36)32-12-16-44-41(23-32)39-6-2-4-8-43(39)47-44)31-9-13-37(14-10-31)46-25-28-17-29(26-46)19-30(18-28)27-46/h1-16,20-24,28-30H,17-19,25-27H2. The average Bonchev–Trinajstić information content (AvgIpc) is 3.68. The van der Waals surface area contributed by atoms with Crippen molar-refractivity contribution in [2.45, 2.75) is 43.9 Å². The van der Waals surface area contributed by atoms with Gasteiger partial charge in [-0.05, 0) is 155 Å². The topological polar surface area (TPSA) is 26.3 Å². The van der Waals surface area contributed by atoms with Crippen molar-refractivity contribution in [2.24, 2.45) is 17.8 Å². The predicted octanol–water partition coefficient (Wildman–Crippen LogP) is 13.0. The van der Waals surface area contributed by atoms with Crippen LogP contribution in [0.4, 0.5) is 0 Å². The van der Waals surface area contributed by atoms with E-state index in [1.165, 1.54) is 66.3 Å².